The zero-order valence-corrected chi connectivity index (χ0v) is 11.1. The third-order valence-corrected chi connectivity index (χ3v) is 2.74. The summed E-state index contributed by atoms with van der Waals surface area (Å²) in [6, 6.07) is 10.8. The van der Waals surface area contributed by atoms with Gasteiger partial charge in [0, 0.05) is 12.2 Å². The molecule has 110 valence electrons. The van der Waals surface area contributed by atoms with Crippen LogP contribution in [-0.4, -0.2) is 18.1 Å². The van der Waals surface area contributed by atoms with E-state index in [1.54, 1.807) is 24.3 Å². The highest BCUT2D eigenvalue weighted by Gasteiger charge is 2.19. The first-order chi connectivity index (χ1) is 10.1. The molecule has 0 saturated carbocycles. The van der Waals surface area contributed by atoms with E-state index in [1.807, 2.05) is 0 Å². The Bertz CT molecular complexity index is 632. The van der Waals surface area contributed by atoms with E-state index in [1.165, 1.54) is 12.1 Å². The van der Waals surface area contributed by atoms with Crippen LogP contribution >= 0.6 is 0 Å². The Hall–Kier alpha value is -2.83. The van der Waals surface area contributed by atoms with Gasteiger partial charge in [0.2, 0.25) is 5.82 Å². The Morgan fingerprint density at radius 1 is 1.24 bits per heavy atom. The molecule has 0 aliphatic carbocycles. The van der Waals surface area contributed by atoms with Crippen molar-refractivity contribution in [3.63, 3.8) is 0 Å². The number of ether oxygens (including phenoxy) is 1. The number of nitro groups is 1. The lowest BCUT2D eigenvalue weighted by atomic mass is 10.2. The molecule has 0 aromatic heterocycles. The second kappa shape index (κ2) is 6.56. The Kier molecular flexibility index (Phi) is 4.55. The number of halogens is 1. The van der Waals surface area contributed by atoms with E-state index in [2.05, 4.69) is 5.32 Å². The van der Waals surface area contributed by atoms with Crippen molar-refractivity contribution in [1.29, 1.82) is 0 Å². The van der Waals surface area contributed by atoms with Crippen LogP contribution in [0.4, 0.5) is 21.5 Å². The average molecular weight is 291 g/mol. The average Bonchev–Trinajstić information content (AvgIpc) is 2.45. The molecule has 0 fully saturated rings. The Morgan fingerprint density at radius 3 is 2.62 bits per heavy atom. The highest BCUT2D eigenvalue weighted by atomic mass is 19.1. The summed E-state index contributed by atoms with van der Waals surface area (Å²) in [6.45, 7) is 0.576. The minimum atomic E-state index is -0.871. The highest BCUT2D eigenvalue weighted by Crippen LogP contribution is 2.26. The third-order valence-electron chi connectivity index (χ3n) is 2.74. The monoisotopic (exact) mass is 291 g/mol. The number of nitrogens with zero attached hydrogens (tertiary/aromatic N) is 1. The van der Waals surface area contributed by atoms with Crippen molar-refractivity contribution in [3.05, 3.63) is 58.4 Å². The van der Waals surface area contributed by atoms with Gasteiger partial charge in [0.1, 0.15) is 18.0 Å². The molecule has 21 heavy (non-hydrogen) atoms. The van der Waals surface area contributed by atoms with Gasteiger partial charge in [0.25, 0.3) is 0 Å². The van der Waals surface area contributed by atoms with Crippen LogP contribution in [0.1, 0.15) is 0 Å². The van der Waals surface area contributed by atoms with E-state index in [-0.39, 0.29) is 12.3 Å². The molecule has 2 aromatic rings. The summed E-state index contributed by atoms with van der Waals surface area (Å²) >= 11 is 0. The number of nitrogens with two attached hydrogens (primary N) is 1. The van der Waals surface area contributed by atoms with E-state index >= 15 is 0 Å². The Labute approximate surface area is 120 Å². The molecule has 7 heteroatoms. The zero-order chi connectivity index (χ0) is 15.2. The molecule has 0 bridgehead atoms. The highest BCUT2D eigenvalue weighted by molar-refractivity contribution is 5.61. The predicted molar refractivity (Wildman–Crippen MR) is 77.9 cm³/mol. The second-order valence-corrected chi connectivity index (χ2v) is 4.24. The molecule has 6 nitrogen and oxygen atoms in total. The van der Waals surface area contributed by atoms with Gasteiger partial charge in [-0.1, -0.05) is 6.07 Å². The first-order valence-electron chi connectivity index (χ1n) is 6.23. The van der Waals surface area contributed by atoms with Crippen molar-refractivity contribution in [3.8, 4) is 5.75 Å². The summed E-state index contributed by atoms with van der Waals surface area (Å²) < 4.78 is 18.8. The first kappa shape index (κ1) is 14.6. The van der Waals surface area contributed by atoms with Gasteiger partial charge in [-0.25, -0.2) is 0 Å². The smallest absolute Gasteiger partial charge is 0.327 e. The fourth-order valence-corrected chi connectivity index (χ4v) is 1.76. The van der Waals surface area contributed by atoms with Crippen molar-refractivity contribution in [2.75, 3.05) is 24.2 Å². The lowest BCUT2D eigenvalue weighted by Crippen LogP contribution is -2.13. The number of hydrogen-bond donors (Lipinski definition) is 2. The quantitative estimate of drug-likeness (QED) is 0.369. The van der Waals surface area contributed by atoms with E-state index in [4.69, 9.17) is 10.5 Å². The Morgan fingerprint density at radius 2 is 1.95 bits per heavy atom. The number of nitrogen functional groups attached to an aromatic ring is 1. The number of para-hydroxylation sites is 1. The minimum absolute atomic E-state index is 0.126. The first-order valence-corrected chi connectivity index (χ1v) is 6.23. The fourth-order valence-electron chi connectivity index (χ4n) is 1.76. The van der Waals surface area contributed by atoms with E-state index in [9.17, 15) is 14.5 Å². The molecule has 2 rings (SSSR count). The van der Waals surface area contributed by atoms with Crippen molar-refractivity contribution in [2.45, 2.75) is 0 Å². The van der Waals surface area contributed by atoms with E-state index in [0.717, 1.165) is 6.07 Å². The molecule has 0 amide bonds. The summed E-state index contributed by atoms with van der Waals surface area (Å²) in [5.41, 5.74) is 5.75. The maximum absolute atomic E-state index is 13.4. The number of nitro benzene ring substituents is 1. The molecule has 0 aliphatic rings. The topological polar surface area (TPSA) is 90.4 Å². The van der Waals surface area contributed by atoms with Crippen molar-refractivity contribution < 1.29 is 14.1 Å². The van der Waals surface area contributed by atoms with E-state index < -0.39 is 16.4 Å². The second-order valence-electron chi connectivity index (χ2n) is 4.24. The number of benzene rings is 2. The summed E-state index contributed by atoms with van der Waals surface area (Å²) in [5, 5.41) is 13.6. The summed E-state index contributed by atoms with van der Waals surface area (Å²) in [5.74, 6) is -0.232. The molecule has 3 N–H and O–H groups in total. The summed E-state index contributed by atoms with van der Waals surface area (Å²) in [4.78, 5) is 10.1. The van der Waals surface area contributed by atoms with Gasteiger partial charge in [-0.3, -0.25) is 10.1 Å². The molecule has 0 unspecified atom stereocenters. The van der Waals surface area contributed by atoms with Gasteiger partial charge in [-0.2, -0.15) is 4.39 Å². The Balaban J connectivity index is 1.90. The van der Waals surface area contributed by atoms with Gasteiger partial charge in [-0.15, -0.1) is 0 Å². The number of rotatable bonds is 6. The van der Waals surface area contributed by atoms with Crippen molar-refractivity contribution >= 4 is 17.1 Å². The van der Waals surface area contributed by atoms with Crippen molar-refractivity contribution in [1.82, 2.24) is 0 Å². The number of hydrogen-bond acceptors (Lipinski definition) is 5. The molecule has 0 heterocycles. The number of nitrogens with one attached hydrogen (secondary N) is 1. The van der Waals surface area contributed by atoms with Crippen LogP contribution in [0.15, 0.2) is 42.5 Å². The maximum Gasteiger partial charge on any atom is 0.327 e. The van der Waals surface area contributed by atoms with Gasteiger partial charge in [0.05, 0.1) is 4.92 Å². The van der Waals surface area contributed by atoms with Crippen LogP contribution in [-0.2, 0) is 0 Å². The molecule has 0 atom stereocenters. The standard InChI is InChI=1S/C14H14FN3O3/c15-12-2-1-3-13(14(12)18(19)20)17-8-9-21-11-6-4-10(16)5-7-11/h1-7,17H,8-9,16H2. The molecule has 0 radical (unpaired) electrons. The van der Waals surface area contributed by atoms with Crippen LogP contribution in [0.25, 0.3) is 0 Å². The lowest BCUT2D eigenvalue weighted by molar-refractivity contribution is -0.386. The molecule has 0 saturated heterocycles. The van der Waals surface area contributed by atoms with Crippen LogP contribution in [0.3, 0.4) is 0 Å². The summed E-state index contributed by atoms with van der Waals surface area (Å²) in [7, 11) is 0. The van der Waals surface area contributed by atoms with Gasteiger partial charge in [0.15, 0.2) is 0 Å². The molecule has 0 spiro atoms. The van der Waals surface area contributed by atoms with Crippen LogP contribution in [0.5, 0.6) is 5.75 Å². The van der Waals surface area contributed by atoms with Gasteiger partial charge >= 0.3 is 5.69 Å². The lowest BCUT2D eigenvalue weighted by Gasteiger charge is -2.09. The molecular formula is C14H14FN3O3. The largest absolute Gasteiger partial charge is 0.492 e. The summed E-state index contributed by atoms with van der Waals surface area (Å²) in [6.07, 6.45) is 0. The normalized spacial score (nSPS) is 10.1. The van der Waals surface area contributed by atoms with Gasteiger partial charge in [-0.05, 0) is 36.4 Å². The molecule has 0 aliphatic heterocycles. The third kappa shape index (κ3) is 3.82. The molecular weight excluding hydrogens is 277 g/mol. The maximum atomic E-state index is 13.4. The number of anilines is 2. The van der Waals surface area contributed by atoms with Crippen LogP contribution in [0, 0.1) is 15.9 Å². The minimum Gasteiger partial charge on any atom is -0.492 e. The zero-order valence-electron chi connectivity index (χ0n) is 11.1. The SMILES string of the molecule is Nc1ccc(OCCNc2cccc(F)c2[N+](=O)[O-])cc1. The van der Waals surface area contributed by atoms with Gasteiger partial charge < -0.3 is 15.8 Å². The van der Waals surface area contributed by atoms with E-state index in [0.29, 0.717) is 18.0 Å². The molecule has 2 aromatic carbocycles. The predicted octanol–water partition coefficient (Wildman–Crippen LogP) is 2.81. The van der Waals surface area contributed by atoms with Crippen LogP contribution in [0.2, 0.25) is 0 Å². The fraction of sp³-hybridized carbons (Fsp3) is 0.143. The van der Waals surface area contributed by atoms with Crippen molar-refractivity contribution in [2.24, 2.45) is 0 Å². The van der Waals surface area contributed by atoms with Crippen LogP contribution < -0.4 is 15.8 Å².